The number of carbonyl (C=O) groups excluding carboxylic acids is 1. The van der Waals surface area contributed by atoms with Gasteiger partial charge >= 0.3 is 5.97 Å². The molecule has 0 amide bonds. The van der Waals surface area contributed by atoms with E-state index in [1.165, 1.54) is 5.57 Å². The Bertz CT molecular complexity index is 623. The van der Waals surface area contributed by atoms with Gasteiger partial charge in [-0.1, -0.05) is 25.5 Å². The Balaban J connectivity index is 1.54. The molecular weight excluding hydrogens is 316 g/mol. The van der Waals surface area contributed by atoms with Crippen molar-refractivity contribution in [3.8, 4) is 0 Å². The van der Waals surface area contributed by atoms with Crippen LogP contribution >= 0.6 is 0 Å². The first-order valence-electron chi connectivity index (χ1n) is 9.91. The molecule has 4 aliphatic carbocycles. The summed E-state index contributed by atoms with van der Waals surface area (Å²) in [6, 6.07) is 0. The summed E-state index contributed by atoms with van der Waals surface area (Å²) in [6.07, 6.45) is 10.6. The molecule has 4 rings (SSSR count). The lowest BCUT2D eigenvalue weighted by Gasteiger charge is -2.57. The van der Waals surface area contributed by atoms with Gasteiger partial charge in [-0.2, -0.15) is 0 Å². The Morgan fingerprint density at radius 2 is 1.92 bits per heavy atom. The van der Waals surface area contributed by atoms with Crippen LogP contribution in [0.3, 0.4) is 0 Å². The molecule has 1 N–H and O–H groups in total. The number of rotatable bonds is 3. The van der Waals surface area contributed by atoms with Crippen molar-refractivity contribution in [3.05, 3.63) is 11.6 Å². The van der Waals surface area contributed by atoms with Crippen LogP contribution in [0.15, 0.2) is 11.6 Å². The highest BCUT2D eigenvalue weighted by Gasteiger charge is 2.58. The smallest absolute Gasteiger partial charge is 0.329 e. The number of hydrogen-bond acceptors (Lipinski definition) is 3. The summed E-state index contributed by atoms with van der Waals surface area (Å²) in [4.78, 5) is 23.2. The van der Waals surface area contributed by atoms with E-state index in [2.05, 4.69) is 19.9 Å². The number of aliphatic carboxylic acids is 1. The van der Waals surface area contributed by atoms with Crippen LogP contribution in [0, 0.1) is 28.6 Å². The first kappa shape index (κ1) is 17.3. The maximum absolute atomic E-state index is 12.5. The lowest BCUT2D eigenvalue weighted by molar-refractivity contribution is -0.145. The van der Waals surface area contributed by atoms with Crippen molar-refractivity contribution in [2.75, 3.05) is 6.61 Å². The molecule has 0 unspecified atom stereocenters. The molecule has 3 saturated carbocycles. The van der Waals surface area contributed by atoms with Crippen LogP contribution in [0.25, 0.3) is 0 Å². The Morgan fingerprint density at radius 3 is 2.68 bits per heavy atom. The number of ether oxygens (including phenoxy) is 1. The molecule has 0 saturated heterocycles. The Labute approximate surface area is 150 Å². The quantitative estimate of drug-likeness (QED) is 0.785. The zero-order valence-electron chi connectivity index (χ0n) is 15.4. The summed E-state index contributed by atoms with van der Waals surface area (Å²) >= 11 is 0. The predicted molar refractivity (Wildman–Crippen MR) is 94.1 cm³/mol. The number of hydrogen-bond donors (Lipinski definition) is 1. The molecular formula is C21H30O4. The van der Waals surface area contributed by atoms with Crippen molar-refractivity contribution in [3.63, 3.8) is 0 Å². The van der Waals surface area contributed by atoms with Crippen LogP contribution in [0.2, 0.25) is 0 Å². The lowest BCUT2D eigenvalue weighted by atomic mass is 9.48. The predicted octanol–water partition coefficient (Wildman–Crippen LogP) is 3.99. The molecule has 0 bridgehead atoms. The monoisotopic (exact) mass is 346 g/mol. The van der Waals surface area contributed by atoms with Crippen molar-refractivity contribution < 1.29 is 19.4 Å². The van der Waals surface area contributed by atoms with Crippen LogP contribution in [0.1, 0.15) is 65.2 Å². The van der Waals surface area contributed by atoms with Crippen molar-refractivity contribution in [2.45, 2.75) is 71.3 Å². The van der Waals surface area contributed by atoms with E-state index in [1.54, 1.807) is 0 Å². The molecule has 0 aromatic rings. The van der Waals surface area contributed by atoms with Gasteiger partial charge in [0.1, 0.15) is 12.4 Å². The van der Waals surface area contributed by atoms with E-state index in [1.807, 2.05) is 0 Å². The Kier molecular flexibility index (Phi) is 4.10. The molecule has 0 aliphatic heterocycles. The second kappa shape index (κ2) is 5.94. The zero-order chi connectivity index (χ0) is 17.8. The molecule has 0 radical (unpaired) electrons. The molecule has 0 heterocycles. The van der Waals surface area contributed by atoms with Crippen molar-refractivity contribution in [1.29, 1.82) is 0 Å². The first-order chi connectivity index (χ1) is 11.8. The standard InChI is InChI=1S/C21H30O4/c1-20-9-7-14(25-12-19(23)24)11-13(20)3-4-15-16-5-6-18(22)21(16,2)10-8-17(15)20/h3,14-17H,4-12H2,1-2H3,(H,23,24)/t14-,15+,16+,17+,20-,21+/m0/s1. The second-order valence-electron chi connectivity index (χ2n) is 9.25. The first-order valence-corrected chi connectivity index (χ1v) is 9.91. The van der Waals surface area contributed by atoms with Crippen LogP contribution in [-0.2, 0) is 14.3 Å². The number of ketones is 1. The number of carboxylic acid groups (broad SMARTS) is 1. The van der Waals surface area contributed by atoms with E-state index < -0.39 is 5.97 Å². The third kappa shape index (κ3) is 2.59. The van der Waals surface area contributed by atoms with Gasteiger partial charge in [-0.25, -0.2) is 4.79 Å². The highest BCUT2D eigenvalue weighted by molar-refractivity contribution is 5.87. The largest absolute Gasteiger partial charge is 0.480 e. The number of Topliss-reactive ketones (excluding diaryl/α,β-unsaturated/α-hetero) is 1. The topological polar surface area (TPSA) is 63.6 Å². The molecule has 0 aromatic heterocycles. The van der Waals surface area contributed by atoms with Gasteiger partial charge in [-0.3, -0.25) is 4.79 Å². The normalized spacial score (nSPS) is 46.0. The van der Waals surface area contributed by atoms with E-state index in [0.29, 0.717) is 23.5 Å². The molecule has 4 nitrogen and oxygen atoms in total. The highest BCUT2D eigenvalue weighted by Crippen LogP contribution is 2.64. The third-order valence-electron chi connectivity index (χ3n) is 8.21. The zero-order valence-corrected chi connectivity index (χ0v) is 15.4. The summed E-state index contributed by atoms with van der Waals surface area (Å²) in [5.74, 6) is 1.51. The second-order valence-corrected chi connectivity index (χ2v) is 9.25. The number of fused-ring (bicyclic) bond motifs is 5. The summed E-state index contributed by atoms with van der Waals surface area (Å²) in [7, 11) is 0. The van der Waals surface area contributed by atoms with E-state index >= 15 is 0 Å². The van der Waals surface area contributed by atoms with Gasteiger partial charge in [0.2, 0.25) is 0 Å². The minimum absolute atomic E-state index is 0.0499. The van der Waals surface area contributed by atoms with Crippen molar-refractivity contribution in [2.24, 2.45) is 28.6 Å². The lowest BCUT2D eigenvalue weighted by Crippen LogP contribution is -2.50. The van der Waals surface area contributed by atoms with E-state index in [9.17, 15) is 9.59 Å². The van der Waals surface area contributed by atoms with E-state index in [4.69, 9.17) is 9.84 Å². The van der Waals surface area contributed by atoms with Gasteiger partial charge < -0.3 is 9.84 Å². The fourth-order valence-electron chi connectivity index (χ4n) is 6.73. The summed E-state index contributed by atoms with van der Waals surface area (Å²) in [5, 5.41) is 8.85. The minimum Gasteiger partial charge on any atom is -0.480 e. The van der Waals surface area contributed by atoms with E-state index in [-0.39, 0.29) is 23.5 Å². The van der Waals surface area contributed by atoms with Gasteiger partial charge in [0.05, 0.1) is 6.10 Å². The van der Waals surface area contributed by atoms with E-state index in [0.717, 1.165) is 51.4 Å². The Morgan fingerprint density at radius 1 is 1.20 bits per heavy atom. The SMILES string of the molecule is C[C@@]12CC[C@@H]3[C@H](CC=C4C[C@@H](OCC(=O)O)CC[C@@]43C)[C@H]1CCC2=O. The fraction of sp³-hybridized carbons (Fsp3) is 0.810. The summed E-state index contributed by atoms with van der Waals surface area (Å²) < 4.78 is 5.59. The molecule has 138 valence electrons. The minimum atomic E-state index is -0.886. The molecule has 6 atom stereocenters. The summed E-state index contributed by atoms with van der Waals surface area (Å²) in [6.45, 7) is 4.45. The number of allylic oxidation sites excluding steroid dienone is 1. The third-order valence-corrected chi connectivity index (χ3v) is 8.21. The molecule has 25 heavy (non-hydrogen) atoms. The molecule has 3 fully saturated rings. The summed E-state index contributed by atoms with van der Waals surface area (Å²) in [5.41, 5.74) is 1.65. The van der Waals surface area contributed by atoms with Crippen molar-refractivity contribution in [1.82, 2.24) is 0 Å². The van der Waals surface area contributed by atoms with Crippen molar-refractivity contribution >= 4 is 11.8 Å². The van der Waals surface area contributed by atoms with Gasteiger partial charge in [-0.15, -0.1) is 0 Å². The van der Waals surface area contributed by atoms with Crippen LogP contribution in [0.4, 0.5) is 0 Å². The van der Waals surface area contributed by atoms with Crippen LogP contribution in [0.5, 0.6) is 0 Å². The van der Waals surface area contributed by atoms with Crippen LogP contribution < -0.4 is 0 Å². The van der Waals surface area contributed by atoms with Gasteiger partial charge in [0.15, 0.2) is 0 Å². The average Bonchev–Trinajstić information content (AvgIpc) is 2.88. The van der Waals surface area contributed by atoms with Gasteiger partial charge in [-0.05, 0) is 68.1 Å². The molecule has 4 aliphatic rings. The number of carboxylic acids is 1. The van der Waals surface area contributed by atoms with Gasteiger partial charge in [0, 0.05) is 11.8 Å². The Hall–Kier alpha value is -1.16. The number of carbonyl (C=O) groups is 2. The average molecular weight is 346 g/mol. The maximum atomic E-state index is 12.5. The molecule has 4 heteroatoms. The maximum Gasteiger partial charge on any atom is 0.329 e. The highest BCUT2D eigenvalue weighted by atomic mass is 16.5. The van der Waals surface area contributed by atoms with Gasteiger partial charge in [0.25, 0.3) is 0 Å². The molecule has 0 spiro atoms. The fourth-order valence-corrected chi connectivity index (χ4v) is 6.73. The van der Waals surface area contributed by atoms with Crippen LogP contribution in [-0.4, -0.2) is 29.6 Å². The molecule has 0 aromatic carbocycles.